The van der Waals surface area contributed by atoms with Gasteiger partial charge in [-0.2, -0.15) is 13.2 Å². The van der Waals surface area contributed by atoms with Crippen LogP contribution in [0.25, 0.3) is 0 Å². The minimum atomic E-state index is -4.50. The van der Waals surface area contributed by atoms with E-state index in [0.717, 1.165) is 17.8 Å². The molecule has 0 saturated carbocycles. The lowest BCUT2D eigenvalue weighted by molar-refractivity contribution is -0.138. The van der Waals surface area contributed by atoms with Crippen LogP contribution in [0.2, 0.25) is 5.02 Å². The summed E-state index contributed by atoms with van der Waals surface area (Å²) in [5.74, 6) is -0.348. The minimum Gasteiger partial charge on any atom is -0.318 e. The standard InChI is InChI=1S/C19H16ClF3N4OS/c1-26(12-5-4-8-24-9-12)17(28)16-10-25-18(27(16)2)29-11-13-14(19(21,22)23)6-3-7-15(13)20/h3-10H,11H2,1-2H3. The number of thioether (sulfide) groups is 1. The third kappa shape index (κ3) is 4.56. The topological polar surface area (TPSA) is 51.0 Å². The van der Waals surface area contributed by atoms with Gasteiger partial charge in [0.1, 0.15) is 5.69 Å². The van der Waals surface area contributed by atoms with Gasteiger partial charge in [-0.3, -0.25) is 9.78 Å². The molecular formula is C19H16ClF3N4OS. The van der Waals surface area contributed by atoms with Gasteiger partial charge in [-0.1, -0.05) is 29.4 Å². The van der Waals surface area contributed by atoms with Gasteiger partial charge in [0.05, 0.1) is 23.6 Å². The second-order valence-electron chi connectivity index (χ2n) is 6.11. The molecule has 0 radical (unpaired) electrons. The number of alkyl halides is 3. The first-order valence-electron chi connectivity index (χ1n) is 8.37. The number of imidazole rings is 1. The van der Waals surface area contributed by atoms with Crippen LogP contribution in [0.1, 0.15) is 21.6 Å². The van der Waals surface area contributed by atoms with Crippen LogP contribution in [-0.4, -0.2) is 27.5 Å². The van der Waals surface area contributed by atoms with Crippen molar-refractivity contribution < 1.29 is 18.0 Å². The van der Waals surface area contributed by atoms with Gasteiger partial charge in [-0.15, -0.1) is 0 Å². The fraction of sp³-hybridized carbons (Fsp3) is 0.211. The highest BCUT2D eigenvalue weighted by Gasteiger charge is 2.34. The number of amides is 1. The number of halogens is 4. The number of nitrogens with zero attached hydrogens (tertiary/aromatic N) is 4. The lowest BCUT2D eigenvalue weighted by Crippen LogP contribution is -2.28. The number of carbonyl (C=O) groups is 1. The zero-order valence-electron chi connectivity index (χ0n) is 15.4. The highest BCUT2D eigenvalue weighted by atomic mass is 35.5. The molecule has 1 aromatic carbocycles. The van der Waals surface area contributed by atoms with E-state index in [1.165, 1.54) is 23.2 Å². The van der Waals surface area contributed by atoms with Crippen LogP contribution in [0.3, 0.4) is 0 Å². The fourth-order valence-electron chi connectivity index (χ4n) is 2.67. The van der Waals surface area contributed by atoms with Crippen molar-refractivity contribution in [2.75, 3.05) is 11.9 Å². The van der Waals surface area contributed by atoms with Crippen LogP contribution < -0.4 is 4.90 Å². The maximum atomic E-state index is 13.2. The summed E-state index contributed by atoms with van der Waals surface area (Å²) < 4.78 is 41.3. The van der Waals surface area contributed by atoms with Crippen LogP contribution in [0, 0.1) is 0 Å². The molecule has 0 fully saturated rings. The van der Waals surface area contributed by atoms with Gasteiger partial charge in [0.25, 0.3) is 5.91 Å². The van der Waals surface area contributed by atoms with E-state index < -0.39 is 11.7 Å². The van der Waals surface area contributed by atoms with Crippen molar-refractivity contribution >= 4 is 35.0 Å². The molecule has 0 spiro atoms. The molecule has 29 heavy (non-hydrogen) atoms. The number of rotatable bonds is 5. The number of hydrogen-bond acceptors (Lipinski definition) is 4. The molecule has 0 atom stereocenters. The van der Waals surface area contributed by atoms with E-state index in [2.05, 4.69) is 9.97 Å². The molecule has 3 aromatic rings. The van der Waals surface area contributed by atoms with E-state index in [9.17, 15) is 18.0 Å². The summed E-state index contributed by atoms with van der Waals surface area (Å²) in [6, 6.07) is 7.14. The Morgan fingerprint density at radius 1 is 1.24 bits per heavy atom. The summed E-state index contributed by atoms with van der Waals surface area (Å²) in [7, 11) is 3.25. The van der Waals surface area contributed by atoms with Crippen molar-refractivity contribution in [1.82, 2.24) is 14.5 Å². The molecule has 1 amide bonds. The second-order valence-corrected chi connectivity index (χ2v) is 7.46. The lowest BCUT2D eigenvalue weighted by Gasteiger charge is -2.17. The van der Waals surface area contributed by atoms with Crippen LogP contribution in [0.4, 0.5) is 18.9 Å². The number of pyridine rings is 1. The van der Waals surface area contributed by atoms with Crippen LogP contribution in [0.5, 0.6) is 0 Å². The lowest BCUT2D eigenvalue weighted by atomic mass is 10.1. The molecule has 0 unspecified atom stereocenters. The summed E-state index contributed by atoms with van der Waals surface area (Å²) in [5, 5.41) is 0.440. The molecule has 3 rings (SSSR count). The molecule has 152 valence electrons. The monoisotopic (exact) mass is 440 g/mol. The maximum absolute atomic E-state index is 13.2. The van der Waals surface area contributed by atoms with Crippen molar-refractivity contribution in [2.45, 2.75) is 17.1 Å². The molecule has 2 aromatic heterocycles. The Morgan fingerprint density at radius 2 is 2.00 bits per heavy atom. The van der Waals surface area contributed by atoms with Crippen LogP contribution >= 0.6 is 23.4 Å². The number of carbonyl (C=O) groups excluding carboxylic acids is 1. The van der Waals surface area contributed by atoms with E-state index in [1.807, 2.05) is 0 Å². The number of aromatic nitrogens is 3. The Labute approximate surface area is 174 Å². The first kappa shape index (κ1) is 21.2. The Balaban J connectivity index is 1.80. The van der Waals surface area contributed by atoms with E-state index in [1.54, 1.807) is 43.2 Å². The van der Waals surface area contributed by atoms with Gasteiger partial charge in [0.2, 0.25) is 0 Å². The third-order valence-electron chi connectivity index (χ3n) is 4.27. The number of benzene rings is 1. The summed E-state index contributed by atoms with van der Waals surface area (Å²) in [4.78, 5) is 22.3. The van der Waals surface area contributed by atoms with E-state index in [-0.39, 0.29) is 22.2 Å². The smallest absolute Gasteiger partial charge is 0.318 e. The number of anilines is 1. The van der Waals surface area contributed by atoms with Gasteiger partial charge in [-0.25, -0.2) is 4.98 Å². The predicted octanol–water partition coefficient (Wildman–Crippen LogP) is 5.06. The zero-order chi connectivity index (χ0) is 21.2. The largest absolute Gasteiger partial charge is 0.416 e. The molecule has 0 aliphatic rings. The number of hydrogen-bond donors (Lipinski definition) is 0. The van der Waals surface area contributed by atoms with Gasteiger partial charge >= 0.3 is 6.18 Å². The average Bonchev–Trinajstić information content (AvgIpc) is 3.06. The highest BCUT2D eigenvalue weighted by molar-refractivity contribution is 7.98. The molecule has 5 nitrogen and oxygen atoms in total. The van der Waals surface area contributed by atoms with E-state index >= 15 is 0 Å². The Kier molecular flexibility index (Phi) is 6.18. The zero-order valence-corrected chi connectivity index (χ0v) is 17.0. The van der Waals surface area contributed by atoms with Crippen molar-refractivity contribution in [2.24, 2.45) is 7.05 Å². The molecule has 0 saturated heterocycles. The van der Waals surface area contributed by atoms with Crippen molar-refractivity contribution in [3.8, 4) is 0 Å². The van der Waals surface area contributed by atoms with Gasteiger partial charge < -0.3 is 9.47 Å². The normalized spacial score (nSPS) is 11.5. The maximum Gasteiger partial charge on any atom is 0.416 e. The van der Waals surface area contributed by atoms with Crippen molar-refractivity contribution in [3.63, 3.8) is 0 Å². The SMILES string of the molecule is CN(C(=O)c1cnc(SCc2c(Cl)cccc2C(F)(F)F)n1C)c1cccnc1. The molecule has 0 aliphatic heterocycles. The Bertz CT molecular complexity index is 1020. The fourth-order valence-corrected chi connectivity index (χ4v) is 4.00. The molecular weight excluding hydrogens is 425 g/mol. The predicted molar refractivity (Wildman–Crippen MR) is 106 cm³/mol. The molecule has 2 heterocycles. The Hall–Kier alpha value is -2.52. The molecule has 0 N–H and O–H groups in total. The quantitative estimate of drug-likeness (QED) is 0.520. The summed E-state index contributed by atoms with van der Waals surface area (Å²) in [6.07, 6.45) is 0.0509. The molecule has 10 heteroatoms. The van der Waals surface area contributed by atoms with E-state index in [4.69, 9.17) is 11.6 Å². The van der Waals surface area contributed by atoms with Crippen molar-refractivity contribution in [1.29, 1.82) is 0 Å². The summed E-state index contributed by atoms with van der Waals surface area (Å²) in [5.41, 5.74) is 0.113. The van der Waals surface area contributed by atoms with E-state index in [0.29, 0.717) is 16.5 Å². The third-order valence-corrected chi connectivity index (χ3v) is 5.70. The first-order valence-corrected chi connectivity index (χ1v) is 9.73. The van der Waals surface area contributed by atoms with Crippen LogP contribution in [0.15, 0.2) is 54.1 Å². The summed E-state index contributed by atoms with van der Waals surface area (Å²) in [6.45, 7) is 0. The van der Waals surface area contributed by atoms with Crippen LogP contribution in [-0.2, 0) is 19.0 Å². The van der Waals surface area contributed by atoms with Gasteiger partial charge in [0, 0.05) is 31.1 Å². The minimum absolute atomic E-state index is 0.0185. The second kappa shape index (κ2) is 8.46. The van der Waals surface area contributed by atoms with Gasteiger partial charge in [0.15, 0.2) is 5.16 Å². The average molecular weight is 441 g/mol. The highest BCUT2D eigenvalue weighted by Crippen LogP contribution is 2.37. The first-order chi connectivity index (χ1) is 13.7. The molecule has 0 bridgehead atoms. The molecule has 0 aliphatic carbocycles. The summed E-state index contributed by atoms with van der Waals surface area (Å²) >= 11 is 7.07. The Morgan fingerprint density at radius 3 is 2.66 bits per heavy atom. The van der Waals surface area contributed by atoms with Crippen molar-refractivity contribution in [3.05, 3.63) is 70.8 Å². The van der Waals surface area contributed by atoms with Gasteiger partial charge in [-0.05, 0) is 29.8 Å².